The highest BCUT2D eigenvalue weighted by Crippen LogP contribution is 2.32. The molecule has 6 heteroatoms. The number of aromatic nitrogens is 2. The number of aromatic amines is 1. The Morgan fingerprint density at radius 1 is 1.40 bits per heavy atom. The monoisotopic (exact) mass is 388 g/mol. The quantitative estimate of drug-likeness (QED) is 0.774. The van der Waals surface area contributed by atoms with E-state index in [-0.39, 0.29) is 5.56 Å². The van der Waals surface area contributed by atoms with Crippen molar-refractivity contribution in [3.05, 3.63) is 20.3 Å². The predicted octanol–water partition coefficient (Wildman–Crippen LogP) is 1.87. The van der Waals surface area contributed by atoms with Crippen LogP contribution in [0.1, 0.15) is 39.0 Å². The van der Waals surface area contributed by atoms with Gasteiger partial charge in [0, 0.05) is 24.7 Å². The SMILES string of the molecule is CCCN(c1nc[nH]c(=O)c1I)C1CC2CCC(C1)N2. The Morgan fingerprint density at radius 3 is 2.75 bits per heavy atom. The fourth-order valence-electron chi connectivity index (χ4n) is 3.56. The van der Waals surface area contributed by atoms with E-state index in [1.165, 1.54) is 32.0 Å². The largest absolute Gasteiger partial charge is 0.352 e. The lowest BCUT2D eigenvalue weighted by atomic mass is 9.98. The van der Waals surface area contributed by atoms with Crippen LogP contribution in [-0.2, 0) is 0 Å². The van der Waals surface area contributed by atoms with E-state index in [1.54, 1.807) is 0 Å². The third-order valence-electron chi connectivity index (χ3n) is 4.40. The first-order valence-corrected chi connectivity index (χ1v) is 8.52. The minimum atomic E-state index is -0.0337. The van der Waals surface area contributed by atoms with Crippen LogP contribution in [0.5, 0.6) is 0 Å². The molecule has 0 aliphatic carbocycles. The van der Waals surface area contributed by atoms with Crippen molar-refractivity contribution in [2.45, 2.75) is 57.2 Å². The van der Waals surface area contributed by atoms with Gasteiger partial charge in [-0.05, 0) is 54.7 Å². The highest BCUT2D eigenvalue weighted by atomic mass is 127. The van der Waals surface area contributed by atoms with Crippen molar-refractivity contribution in [3.8, 4) is 0 Å². The highest BCUT2D eigenvalue weighted by Gasteiger charge is 2.36. The molecule has 0 radical (unpaired) electrons. The third-order valence-corrected chi connectivity index (χ3v) is 5.38. The molecule has 0 saturated carbocycles. The van der Waals surface area contributed by atoms with Crippen molar-refractivity contribution in [1.82, 2.24) is 15.3 Å². The summed E-state index contributed by atoms with van der Waals surface area (Å²) in [5.41, 5.74) is -0.0337. The number of fused-ring (bicyclic) bond motifs is 2. The van der Waals surface area contributed by atoms with Crippen LogP contribution in [0.3, 0.4) is 0 Å². The Morgan fingerprint density at radius 2 is 2.10 bits per heavy atom. The van der Waals surface area contributed by atoms with E-state index < -0.39 is 0 Å². The fourth-order valence-corrected chi connectivity index (χ4v) is 4.16. The van der Waals surface area contributed by atoms with Gasteiger partial charge in [0.25, 0.3) is 5.56 Å². The average molecular weight is 388 g/mol. The molecular weight excluding hydrogens is 367 g/mol. The van der Waals surface area contributed by atoms with Gasteiger partial charge in [-0.1, -0.05) is 6.92 Å². The molecule has 2 aliphatic heterocycles. The van der Waals surface area contributed by atoms with Crippen LogP contribution in [0.2, 0.25) is 0 Å². The van der Waals surface area contributed by atoms with Crippen LogP contribution in [0.25, 0.3) is 0 Å². The van der Waals surface area contributed by atoms with Gasteiger partial charge in [-0.15, -0.1) is 0 Å². The molecule has 1 aromatic rings. The maximum atomic E-state index is 11.8. The summed E-state index contributed by atoms with van der Waals surface area (Å²) in [6.45, 7) is 3.15. The summed E-state index contributed by atoms with van der Waals surface area (Å²) in [6, 6.07) is 1.81. The van der Waals surface area contributed by atoms with E-state index in [1.807, 2.05) is 0 Å². The molecule has 2 aliphatic rings. The van der Waals surface area contributed by atoms with E-state index in [0.29, 0.717) is 21.7 Å². The first-order chi connectivity index (χ1) is 9.69. The topological polar surface area (TPSA) is 61.0 Å². The molecule has 0 aromatic carbocycles. The molecule has 3 heterocycles. The predicted molar refractivity (Wildman–Crippen MR) is 88.2 cm³/mol. The van der Waals surface area contributed by atoms with E-state index >= 15 is 0 Å². The number of nitrogens with zero attached hydrogens (tertiary/aromatic N) is 2. The van der Waals surface area contributed by atoms with Crippen molar-refractivity contribution in [2.75, 3.05) is 11.4 Å². The van der Waals surface area contributed by atoms with Crippen molar-refractivity contribution in [1.29, 1.82) is 0 Å². The fraction of sp³-hybridized carbons (Fsp3) is 0.714. The van der Waals surface area contributed by atoms with Crippen molar-refractivity contribution in [2.24, 2.45) is 0 Å². The van der Waals surface area contributed by atoms with Gasteiger partial charge in [-0.25, -0.2) is 4.98 Å². The molecule has 1 aromatic heterocycles. The minimum absolute atomic E-state index is 0.0337. The maximum Gasteiger partial charge on any atom is 0.266 e. The second kappa shape index (κ2) is 6.01. The number of halogens is 1. The summed E-state index contributed by atoms with van der Waals surface area (Å²) in [7, 11) is 0. The van der Waals surface area contributed by atoms with Gasteiger partial charge < -0.3 is 15.2 Å². The van der Waals surface area contributed by atoms with E-state index in [0.717, 1.165) is 18.8 Å². The Kier molecular flexibility index (Phi) is 4.30. The average Bonchev–Trinajstić information content (AvgIpc) is 2.78. The Bertz CT molecular complexity index is 520. The van der Waals surface area contributed by atoms with Crippen LogP contribution < -0.4 is 15.8 Å². The molecule has 2 N–H and O–H groups in total. The third kappa shape index (κ3) is 2.72. The molecule has 0 amide bonds. The van der Waals surface area contributed by atoms with Gasteiger partial charge >= 0.3 is 0 Å². The lowest BCUT2D eigenvalue weighted by Crippen LogP contribution is -2.49. The summed E-state index contributed by atoms with van der Waals surface area (Å²) in [6.07, 6.45) is 7.52. The number of piperidine rings is 1. The Hall–Kier alpha value is -0.630. The summed E-state index contributed by atoms with van der Waals surface area (Å²) in [4.78, 5) is 21.3. The van der Waals surface area contributed by atoms with E-state index in [4.69, 9.17) is 0 Å². The number of hydrogen-bond acceptors (Lipinski definition) is 4. The second-order valence-electron chi connectivity index (χ2n) is 5.83. The minimum Gasteiger partial charge on any atom is -0.352 e. The lowest BCUT2D eigenvalue weighted by Gasteiger charge is -2.38. The number of hydrogen-bond donors (Lipinski definition) is 2. The zero-order valence-corrected chi connectivity index (χ0v) is 13.9. The van der Waals surface area contributed by atoms with Crippen LogP contribution >= 0.6 is 22.6 Å². The van der Waals surface area contributed by atoms with Crippen LogP contribution in [-0.4, -0.2) is 34.6 Å². The van der Waals surface area contributed by atoms with Gasteiger partial charge in [0.15, 0.2) is 0 Å². The highest BCUT2D eigenvalue weighted by molar-refractivity contribution is 14.1. The van der Waals surface area contributed by atoms with Gasteiger partial charge in [-0.3, -0.25) is 4.79 Å². The van der Waals surface area contributed by atoms with Crippen LogP contribution in [0, 0.1) is 3.57 Å². The summed E-state index contributed by atoms with van der Waals surface area (Å²) in [5, 5.41) is 3.68. The standard InChI is InChI=1S/C14H21IN4O/c1-2-5-19(13-12(15)14(20)17-8-16-13)11-6-9-3-4-10(7-11)18-9/h8-11,18H,2-7H2,1H3,(H,16,17,20). The Labute approximate surface area is 132 Å². The number of nitrogens with one attached hydrogen (secondary N) is 2. The smallest absolute Gasteiger partial charge is 0.266 e. The zero-order chi connectivity index (χ0) is 14.1. The first kappa shape index (κ1) is 14.3. The molecule has 2 atom stereocenters. The van der Waals surface area contributed by atoms with Gasteiger partial charge in [-0.2, -0.15) is 0 Å². The van der Waals surface area contributed by atoms with Crippen LogP contribution in [0.15, 0.2) is 11.1 Å². The van der Waals surface area contributed by atoms with E-state index in [2.05, 4.69) is 49.7 Å². The van der Waals surface area contributed by atoms with Crippen molar-refractivity contribution >= 4 is 28.4 Å². The Balaban J connectivity index is 1.88. The lowest BCUT2D eigenvalue weighted by molar-refractivity contribution is 0.345. The van der Waals surface area contributed by atoms with Crippen molar-refractivity contribution < 1.29 is 0 Å². The first-order valence-electron chi connectivity index (χ1n) is 7.45. The van der Waals surface area contributed by atoms with Gasteiger partial charge in [0.05, 0.1) is 6.33 Å². The normalized spacial score (nSPS) is 28.6. The molecule has 5 nitrogen and oxygen atoms in total. The van der Waals surface area contributed by atoms with Crippen molar-refractivity contribution in [3.63, 3.8) is 0 Å². The number of rotatable bonds is 4. The molecular formula is C14H21IN4O. The molecule has 110 valence electrons. The van der Waals surface area contributed by atoms with Crippen LogP contribution in [0.4, 0.5) is 5.82 Å². The van der Waals surface area contributed by atoms with Gasteiger partial charge in [0.2, 0.25) is 0 Å². The molecule has 2 saturated heterocycles. The maximum absolute atomic E-state index is 11.8. The molecule has 0 spiro atoms. The summed E-state index contributed by atoms with van der Waals surface area (Å²) in [5.74, 6) is 0.863. The molecule has 2 bridgehead atoms. The summed E-state index contributed by atoms with van der Waals surface area (Å²) < 4.78 is 0.712. The zero-order valence-electron chi connectivity index (χ0n) is 11.7. The van der Waals surface area contributed by atoms with Gasteiger partial charge in [0.1, 0.15) is 9.39 Å². The summed E-state index contributed by atoms with van der Waals surface area (Å²) >= 11 is 2.12. The molecule has 2 fully saturated rings. The molecule has 2 unspecified atom stereocenters. The number of anilines is 1. The second-order valence-corrected chi connectivity index (χ2v) is 6.90. The molecule has 20 heavy (non-hydrogen) atoms. The number of H-pyrrole nitrogens is 1. The molecule has 3 rings (SSSR count). The van der Waals surface area contributed by atoms with E-state index in [9.17, 15) is 4.79 Å².